The normalized spacial score (nSPS) is 23.8. The van der Waals surface area contributed by atoms with Crippen molar-refractivity contribution in [3.05, 3.63) is 34.2 Å². The number of rotatable bonds is 8. The van der Waals surface area contributed by atoms with Crippen LogP contribution in [0.3, 0.4) is 0 Å². The number of aromatic nitrogens is 2. The van der Waals surface area contributed by atoms with Gasteiger partial charge >= 0.3 is 6.18 Å². The molecule has 1 aromatic heterocycles. The fourth-order valence-corrected chi connectivity index (χ4v) is 4.58. The van der Waals surface area contributed by atoms with E-state index in [1.807, 2.05) is 0 Å². The number of benzene rings is 1. The lowest BCUT2D eigenvalue weighted by Crippen LogP contribution is -2.19. The zero-order valence-corrected chi connectivity index (χ0v) is 15.7. The molecular formula is C21H25F3N2O2. The molecule has 0 amide bonds. The average molecular weight is 394 g/mol. The van der Waals surface area contributed by atoms with Crippen molar-refractivity contribution >= 4 is 11.0 Å². The van der Waals surface area contributed by atoms with E-state index in [2.05, 4.69) is 9.97 Å². The molecule has 1 N–H and O–H groups in total. The maximum atomic E-state index is 12.3. The number of H-pyrrole nitrogens is 1. The van der Waals surface area contributed by atoms with E-state index in [9.17, 15) is 18.0 Å². The van der Waals surface area contributed by atoms with E-state index in [0.29, 0.717) is 23.1 Å². The molecule has 1 heterocycles. The van der Waals surface area contributed by atoms with E-state index in [1.165, 1.54) is 44.2 Å². The average Bonchev–Trinajstić information content (AvgIpc) is 3.32. The van der Waals surface area contributed by atoms with E-state index >= 15 is 0 Å². The van der Waals surface area contributed by atoms with Crippen molar-refractivity contribution in [1.29, 1.82) is 0 Å². The number of alkyl halides is 3. The number of fused-ring (bicyclic) bond motifs is 2. The lowest BCUT2D eigenvalue weighted by molar-refractivity contribution is -0.153. The highest BCUT2D eigenvalue weighted by atomic mass is 19.4. The second-order valence-corrected chi connectivity index (χ2v) is 8.19. The van der Waals surface area contributed by atoms with Gasteiger partial charge in [0.05, 0.1) is 11.0 Å². The number of hydrogen-bond donors (Lipinski definition) is 1. The van der Waals surface area contributed by atoms with Crippen LogP contribution in [0.25, 0.3) is 11.0 Å². The first-order valence-corrected chi connectivity index (χ1v) is 10.1. The standard InChI is InChI=1S/C21H25F3N2O2/c22-21(23,24)12-28-15-8-9-17-19(11-15)26-20(27)18(25-17)5-3-1-2-4-13-6-7-14-10-16(13)14/h8-9,11,13-14,16H,1-7,10,12H2,(H,26,27)/t13-,14?,16?/m0/s1. The van der Waals surface area contributed by atoms with Gasteiger partial charge in [-0.15, -0.1) is 0 Å². The summed E-state index contributed by atoms with van der Waals surface area (Å²) >= 11 is 0. The molecule has 28 heavy (non-hydrogen) atoms. The largest absolute Gasteiger partial charge is 0.484 e. The SMILES string of the molecule is O=c1[nH]c2cc(OCC(F)(F)F)ccc2nc1CCCCC[C@H]1CCC2CC21. The summed E-state index contributed by atoms with van der Waals surface area (Å²) in [5, 5.41) is 0. The summed E-state index contributed by atoms with van der Waals surface area (Å²) in [7, 11) is 0. The summed E-state index contributed by atoms with van der Waals surface area (Å²) in [6, 6.07) is 4.40. The molecule has 152 valence electrons. The minimum atomic E-state index is -4.40. The molecule has 0 aliphatic heterocycles. The third-order valence-electron chi connectivity index (χ3n) is 6.12. The first-order chi connectivity index (χ1) is 13.4. The van der Waals surface area contributed by atoms with Crippen LogP contribution in [0.15, 0.2) is 23.0 Å². The molecule has 4 nitrogen and oxygen atoms in total. The highest BCUT2D eigenvalue weighted by Gasteiger charge is 2.47. The van der Waals surface area contributed by atoms with E-state index in [4.69, 9.17) is 4.74 Å². The number of nitrogens with one attached hydrogen (secondary N) is 1. The van der Waals surface area contributed by atoms with Crippen LogP contribution in [0.5, 0.6) is 5.75 Å². The van der Waals surface area contributed by atoms with Crippen LogP contribution in [0.1, 0.15) is 50.6 Å². The molecule has 2 aromatic rings. The Bertz CT molecular complexity index is 893. The number of unbranched alkanes of at least 4 members (excludes halogenated alkanes) is 2. The number of aromatic amines is 1. The molecule has 2 aliphatic rings. The molecule has 1 aromatic carbocycles. The number of ether oxygens (including phenoxy) is 1. The zero-order valence-electron chi connectivity index (χ0n) is 15.7. The van der Waals surface area contributed by atoms with Crippen LogP contribution >= 0.6 is 0 Å². The first-order valence-electron chi connectivity index (χ1n) is 10.1. The Morgan fingerprint density at radius 2 is 2.04 bits per heavy atom. The van der Waals surface area contributed by atoms with Crippen LogP contribution in [0.4, 0.5) is 13.2 Å². The lowest BCUT2D eigenvalue weighted by Gasteiger charge is -2.11. The second kappa shape index (κ2) is 7.76. The number of nitrogens with zero attached hydrogens (tertiary/aromatic N) is 1. The van der Waals surface area contributed by atoms with E-state index in [-0.39, 0.29) is 11.3 Å². The van der Waals surface area contributed by atoms with Crippen LogP contribution in [0, 0.1) is 17.8 Å². The smallest absolute Gasteiger partial charge is 0.422 e. The quantitative estimate of drug-likeness (QED) is 0.640. The summed E-state index contributed by atoms with van der Waals surface area (Å²) in [5.41, 5.74) is 1.14. The summed E-state index contributed by atoms with van der Waals surface area (Å²) in [5.74, 6) is 3.03. The number of halogens is 3. The van der Waals surface area contributed by atoms with Gasteiger partial charge < -0.3 is 9.72 Å². The van der Waals surface area contributed by atoms with Gasteiger partial charge in [-0.1, -0.05) is 19.3 Å². The van der Waals surface area contributed by atoms with Gasteiger partial charge in [0.25, 0.3) is 5.56 Å². The Morgan fingerprint density at radius 3 is 2.75 bits per heavy atom. The highest BCUT2D eigenvalue weighted by Crippen LogP contribution is 2.56. The van der Waals surface area contributed by atoms with Crippen LogP contribution in [0.2, 0.25) is 0 Å². The fourth-order valence-electron chi connectivity index (χ4n) is 4.58. The molecule has 2 aliphatic carbocycles. The van der Waals surface area contributed by atoms with Gasteiger partial charge in [-0.25, -0.2) is 4.98 Å². The van der Waals surface area contributed by atoms with Crippen molar-refractivity contribution in [2.75, 3.05) is 6.61 Å². The van der Waals surface area contributed by atoms with Crippen LogP contribution in [-0.2, 0) is 6.42 Å². The second-order valence-electron chi connectivity index (χ2n) is 8.19. The molecule has 2 fully saturated rings. The van der Waals surface area contributed by atoms with Crippen molar-refractivity contribution in [2.24, 2.45) is 17.8 Å². The van der Waals surface area contributed by atoms with E-state index in [0.717, 1.165) is 30.6 Å². The maximum absolute atomic E-state index is 12.3. The summed E-state index contributed by atoms with van der Waals surface area (Å²) in [6.45, 7) is -1.36. The van der Waals surface area contributed by atoms with Gasteiger partial charge in [0.15, 0.2) is 6.61 Å². The molecular weight excluding hydrogens is 369 g/mol. The number of hydrogen-bond acceptors (Lipinski definition) is 3. The molecule has 0 radical (unpaired) electrons. The van der Waals surface area contributed by atoms with Gasteiger partial charge in [0.1, 0.15) is 11.4 Å². The summed E-state index contributed by atoms with van der Waals surface area (Å²) in [6.07, 6.45) is 5.03. The minimum absolute atomic E-state index is 0.0554. The molecule has 2 saturated carbocycles. The van der Waals surface area contributed by atoms with Crippen LogP contribution < -0.4 is 10.3 Å². The zero-order chi connectivity index (χ0) is 19.7. The Labute approximate surface area is 161 Å². The molecule has 0 saturated heterocycles. The predicted molar refractivity (Wildman–Crippen MR) is 100 cm³/mol. The molecule has 2 unspecified atom stereocenters. The Kier molecular flexibility index (Phi) is 5.34. The van der Waals surface area contributed by atoms with E-state index < -0.39 is 12.8 Å². The molecule has 0 bridgehead atoms. The summed E-state index contributed by atoms with van der Waals surface area (Å²) in [4.78, 5) is 19.4. The van der Waals surface area contributed by atoms with Crippen molar-refractivity contribution in [1.82, 2.24) is 9.97 Å². The van der Waals surface area contributed by atoms with Gasteiger partial charge in [0, 0.05) is 6.07 Å². The van der Waals surface area contributed by atoms with Gasteiger partial charge in [-0.3, -0.25) is 4.79 Å². The van der Waals surface area contributed by atoms with Gasteiger partial charge in [0.2, 0.25) is 0 Å². The lowest BCUT2D eigenvalue weighted by atomic mass is 9.96. The van der Waals surface area contributed by atoms with Crippen molar-refractivity contribution in [3.8, 4) is 5.75 Å². The molecule has 7 heteroatoms. The minimum Gasteiger partial charge on any atom is -0.484 e. The molecule has 4 rings (SSSR count). The fraction of sp³-hybridized carbons (Fsp3) is 0.619. The monoisotopic (exact) mass is 394 g/mol. The summed E-state index contributed by atoms with van der Waals surface area (Å²) < 4.78 is 41.5. The van der Waals surface area contributed by atoms with Crippen LogP contribution in [-0.4, -0.2) is 22.8 Å². The van der Waals surface area contributed by atoms with Crippen molar-refractivity contribution in [2.45, 2.75) is 57.5 Å². The molecule has 0 spiro atoms. The third-order valence-corrected chi connectivity index (χ3v) is 6.12. The Balaban J connectivity index is 1.30. The molecule has 3 atom stereocenters. The van der Waals surface area contributed by atoms with Crippen molar-refractivity contribution < 1.29 is 17.9 Å². The van der Waals surface area contributed by atoms with Gasteiger partial charge in [-0.05, 0) is 62.0 Å². The number of aryl methyl sites for hydroxylation is 1. The van der Waals surface area contributed by atoms with E-state index in [1.54, 1.807) is 6.07 Å². The Morgan fingerprint density at radius 1 is 1.18 bits per heavy atom. The topological polar surface area (TPSA) is 55.0 Å². The van der Waals surface area contributed by atoms with Gasteiger partial charge in [-0.2, -0.15) is 13.2 Å². The van der Waals surface area contributed by atoms with Crippen molar-refractivity contribution in [3.63, 3.8) is 0 Å². The maximum Gasteiger partial charge on any atom is 0.422 e. The Hall–Kier alpha value is -2.05. The predicted octanol–water partition coefficient (Wildman–Crippen LogP) is 5.01. The third kappa shape index (κ3) is 4.67. The first kappa shape index (κ1) is 19.3. The highest BCUT2D eigenvalue weighted by molar-refractivity contribution is 5.75.